The van der Waals surface area contributed by atoms with E-state index >= 15 is 0 Å². The van der Waals surface area contributed by atoms with E-state index < -0.39 is 0 Å². The van der Waals surface area contributed by atoms with Crippen LogP contribution in [0, 0.1) is 0 Å². The first-order valence-electron chi connectivity index (χ1n) is 5.26. The Bertz CT molecular complexity index is 635. The van der Waals surface area contributed by atoms with E-state index in [9.17, 15) is 4.79 Å². The van der Waals surface area contributed by atoms with Crippen LogP contribution in [0.25, 0.3) is 5.65 Å². The van der Waals surface area contributed by atoms with Crippen LogP contribution in [0.5, 0.6) is 0 Å². The van der Waals surface area contributed by atoms with Gasteiger partial charge in [0.25, 0.3) is 0 Å². The highest BCUT2D eigenvalue weighted by molar-refractivity contribution is 5.69. The Morgan fingerprint density at radius 3 is 3.06 bits per heavy atom. The lowest BCUT2D eigenvalue weighted by Crippen LogP contribution is -2.03. The zero-order valence-electron chi connectivity index (χ0n) is 9.02. The van der Waals surface area contributed by atoms with Gasteiger partial charge in [0.05, 0.1) is 12.2 Å². The third-order valence-corrected chi connectivity index (χ3v) is 2.60. The first-order valence-corrected chi connectivity index (χ1v) is 5.26. The second-order valence-electron chi connectivity index (χ2n) is 3.73. The molecule has 0 aromatic carbocycles. The number of aldehydes is 1. The molecule has 3 heterocycles. The van der Waals surface area contributed by atoms with Gasteiger partial charge in [0.2, 0.25) is 0 Å². The molecule has 0 fully saturated rings. The van der Waals surface area contributed by atoms with Crippen LogP contribution < -0.4 is 0 Å². The first-order chi connectivity index (χ1) is 8.36. The van der Waals surface area contributed by atoms with E-state index in [-0.39, 0.29) is 0 Å². The third kappa shape index (κ3) is 1.71. The van der Waals surface area contributed by atoms with Crippen LogP contribution >= 0.6 is 0 Å². The number of carbonyl (C=O) groups excluding carboxylic acids is 1. The number of carbonyl (C=O) groups is 1. The number of imidazole rings is 2. The molecule has 3 aromatic heterocycles. The smallest absolute Gasteiger partial charge is 0.185 e. The Hall–Kier alpha value is -2.43. The fraction of sp³-hybridized carbons (Fsp3) is 0.0833. The number of pyridine rings is 1. The quantitative estimate of drug-likeness (QED) is 0.634. The van der Waals surface area contributed by atoms with Crippen molar-refractivity contribution in [2.24, 2.45) is 0 Å². The Labute approximate surface area is 97.4 Å². The molecular formula is C12H10N4O. The fourth-order valence-electron chi connectivity index (χ4n) is 1.81. The summed E-state index contributed by atoms with van der Waals surface area (Å²) in [6.07, 6.45) is 8.02. The molecule has 0 aliphatic carbocycles. The normalized spacial score (nSPS) is 10.8. The average molecular weight is 226 g/mol. The highest BCUT2D eigenvalue weighted by Crippen LogP contribution is 2.07. The number of hydrogen-bond acceptors (Lipinski definition) is 3. The summed E-state index contributed by atoms with van der Waals surface area (Å²) in [5.74, 6) is 0.419. The number of aromatic nitrogens is 4. The van der Waals surface area contributed by atoms with Crippen molar-refractivity contribution in [3.63, 3.8) is 0 Å². The average Bonchev–Trinajstić information content (AvgIpc) is 2.94. The standard InChI is InChI=1S/C12H10N4O/c17-9-12-13-4-6-16(12)8-10-7-15-5-2-1-3-11(15)14-10/h1-7,9H,8H2. The van der Waals surface area contributed by atoms with E-state index in [1.807, 2.05) is 35.0 Å². The highest BCUT2D eigenvalue weighted by Gasteiger charge is 2.05. The lowest BCUT2D eigenvalue weighted by molar-refractivity contribution is 0.111. The van der Waals surface area contributed by atoms with Gasteiger partial charge in [-0.3, -0.25) is 4.79 Å². The van der Waals surface area contributed by atoms with Crippen LogP contribution in [0.2, 0.25) is 0 Å². The Balaban J connectivity index is 1.97. The Kier molecular flexibility index (Phi) is 2.22. The van der Waals surface area contributed by atoms with Gasteiger partial charge in [-0.15, -0.1) is 0 Å². The molecule has 5 heteroatoms. The van der Waals surface area contributed by atoms with Gasteiger partial charge in [-0.05, 0) is 12.1 Å². The summed E-state index contributed by atoms with van der Waals surface area (Å²) >= 11 is 0. The highest BCUT2D eigenvalue weighted by atomic mass is 16.1. The molecule has 0 aliphatic heterocycles. The summed E-state index contributed by atoms with van der Waals surface area (Å²) in [4.78, 5) is 19.1. The van der Waals surface area contributed by atoms with E-state index in [2.05, 4.69) is 9.97 Å². The summed E-state index contributed by atoms with van der Waals surface area (Å²) in [5.41, 5.74) is 1.80. The Morgan fingerprint density at radius 1 is 1.29 bits per heavy atom. The minimum absolute atomic E-state index is 0.419. The maximum atomic E-state index is 10.7. The molecule has 0 saturated carbocycles. The fourth-order valence-corrected chi connectivity index (χ4v) is 1.81. The molecule has 5 nitrogen and oxygen atoms in total. The van der Waals surface area contributed by atoms with E-state index in [1.54, 1.807) is 17.0 Å². The first kappa shape index (κ1) is 9.77. The van der Waals surface area contributed by atoms with Crippen LogP contribution in [0.15, 0.2) is 43.0 Å². The van der Waals surface area contributed by atoms with Crippen molar-refractivity contribution < 1.29 is 4.79 Å². The largest absolute Gasteiger partial charge is 0.323 e. The van der Waals surface area contributed by atoms with Gasteiger partial charge in [-0.25, -0.2) is 9.97 Å². The number of nitrogens with zero attached hydrogens (tertiary/aromatic N) is 4. The lowest BCUT2D eigenvalue weighted by Gasteiger charge is -1.99. The van der Waals surface area contributed by atoms with Gasteiger partial charge in [0.1, 0.15) is 5.65 Å². The van der Waals surface area contributed by atoms with Gasteiger partial charge in [-0.2, -0.15) is 0 Å². The molecule has 0 aliphatic rings. The SMILES string of the molecule is O=Cc1nccn1Cc1cn2ccccc2n1. The van der Waals surface area contributed by atoms with Crippen LogP contribution in [0.3, 0.4) is 0 Å². The molecule has 3 aromatic rings. The van der Waals surface area contributed by atoms with Crippen LogP contribution in [-0.4, -0.2) is 25.2 Å². The lowest BCUT2D eigenvalue weighted by atomic mass is 10.4. The van der Waals surface area contributed by atoms with Crippen LogP contribution in [-0.2, 0) is 6.54 Å². The van der Waals surface area contributed by atoms with E-state index in [0.717, 1.165) is 17.6 Å². The minimum Gasteiger partial charge on any atom is -0.323 e. The van der Waals surface area contributed by atoms with Gasteiger partial charge in [-0.1, -0.05) is 6.07 Å². The summed E-state index contributed by atoms with van der Waals surface area (Å²) in [5, 5.41) is 0. The second-order valence-corrected chi connectivity index (χ2v) is 3.73. The molecule has 0 bridgehead atoms. The number of rotatable bonds is 3. The van der Waals surface area contributed by atoms with Crippen molar-refractivity contribution in [3.05, 3.63) is 54.5 Å². The van der Waals surface area contributed by atoms with Crippen molar-refractivity contribution in [1.29, 1.82) is 0 Å². The molecule has 3 rings (SSSR count). The van der Waals surface area contributed by atoms with E-state index in [4.69, 9.17) is 0 Å². The van der Waals surface area contributed by atoms with E-state index in [0.29, 0.717) is 12.4 Å². The molecule has 17 heavy (non-hydrogen) atoms. The maximum Gasteiger partial charge on any atom is 0.185 e. The molecule has 0 unspecified atom stereocenters. The zero-order chi connectivity index (χ0) is 11.7. The predicted octanol–water partition coefficient (Wildman–Crippen LogP) is 1.39. The second kappa shape index (κ2) is 3.86. The molecule has 0 atom stereocenters. The van der Waals surface area contributed by atoms with Crippen molar-refractivity contribution in [2.75, 3.05) is 0 Å². The number of fused-ring (bicyclic) bond motifs is 1. The summed E-state index contributed by atoms with van der Waals surface area (Å²) in [6, 6.07) is 5.84. The van der Waals surface area contributed by atoms with Gasteiger partial charge >= 0.3 is 0 Å². The van der Waals surface area contributed by atoms with Gasteiger partial charge < -0.3 is 8.97 Å². The molecule has 84 valence electrons. The molecule has 0 N–H and O–H groups in total. The summed E-state index contributed by atoms with van der Waals surface area (Å²) < 4.78 is 3.72. The minimum atomic E-state index is 0.419. The zero-order valence-corrected chi connectivity index (χ0v) is 9.02. The van der Waals surface area contributed by atoms with Crippen molar-refractivity contribution in [1.82, 2.24) is 18.9 Å². The van der Waals surface area contributed by atoms with E-state index in [1.165, 1.54) is 0 Å². The Morgan fingerprint density at radius 2 is 2.24 bits per heavy atom. The third-order valence-electron chi connectivity index (χ3n) is 2.60. The van der Waals surface area contributed by atoms with Crippen LogP contribution in [0.4, 0.5) is 0 Å². The van der Waals surface area contributed by atoms with Crippen molar-refractivity contribution in [2.45, 2.75) is 6.54 Å². The van der Waals surface area contributed by atoms with Gasteiger partial charge in [0.15, 0.2) is 12.1 Å². The molecule has 0 spiro atoms. The topological polar surface area (TPSA) is 52.2 Å². The molecular weight excluding hydrogens is 216 g/mol. The van der Waals surface area contributed by atoms with Crippen molar-refractivity contribution in [3.8, 4) is 0 Å². The summed E-state index contributed by atoms with van der Waals surface area (Å²) in [6.45, 7) is 0.551. The molecule has 0 saturated heterocycles. The summed E-state index contributed by atoms with van der Waals surface area (Å²) in [7, 11) is 0. The van der Waals surface area contributed by atoms with Gasteiger partial charge in [0, 0.05) is 24.8 Å². The predicted molar refractivity (Wildman–Crippen MR) is 61.9 cm³/mol. The van der Waals surface area contributed by atoms with Crippen LogP contribution in [0.1, 0.15) is 16.3 Å². The monoisotopic (exact) mass is 226 g/mol. The number of hydrogen-bond donors (Lipinski definition) is 0. The van der Waals surface area contributed by atoms with Crippen molar-refractivity contribution >= 4 is 11.9 Å². The molecule has 0 amide bonds. The maximum absolute atomic E-state index is 10.7. The molecule has 0 radical (unpaired) electrons.